The first-order valence-corrected chi connectivity index (χ1v) is 4.77. The van der Waals surface area contributed by atoms with Gasteiger partial charge >= 0.3 is 63.3 Å². The molecule has 19 heavy (non-hydrogen) atoms. The number of carbonyl (C=O) groups excluding carboxylic acids is 1. The van der Waals surface area contributed by atoms with Crippen molar-refractivity contribution in [2.24, 2.45) is 0 Å². The van der Waals surface area contributed by atoms with Crippen molar-refractivity contribution >= 4 is 17.9 Å². The van der Waals surface area contributed by atoms with E-state index in [9.17, 15) is 19.5 Å². The smallest absolute Gasteiger partial charge is 0.545 e. The molecule has 0 unspecified atom stereocenters. The molecule has 1 rings (SSSR count). The maximum absolute atomic E-state index is 10.2. The van der Waals surface area contributed by atoms with Crippen LogP contribution in [0.15, 0.2) is 24.3 Å². The fourth-order valence-electron chi connectivity index (χ4n) is 0.860. The second-order valence-corrected chi connectivity index (χ2v) is 3.09. The van der Waals surface area contributed by atoms with Gasteiger partial charge in [0.15, 0.2) is 0 Å². The summed E-state index contributed by atoms with van der Waals surface area (Å²) >= 11 is 0. The van der Waals surface area contributed by atoms with Gasteiger partial charge in [-0.3, -0.25) is 9.59 Å². The summed E-state index contributed by atoms with van der Waals surface area (Å²) in [6, 6.07) is 5.64. The number of carboxylic acid groups (broad SMARTS) is 3. The summed E-state index contributed by atoms with van der Waals surface area (Å²) in [7, 11) is 0. The third-order valence-corrected chi connectivity index (χ3v) is 1.68. The number of hydrogen-bond donors (Lipinski definition) is 3. The summed E-state index contributed by atoms with van der Waals surface area (Å²) < 4.78 is 0. The van der Waals surface area contributed by atoms with Crippen molar-refractivity contribution < 1.29 is 86.2 Å². The van der Waals surface area contributed by atoms with Crippen LogP contribution in [0.1, 0.15) is 23.2 Å². The fourth-order valence-corrected chi connectivity index (χ4v) is 0.860. The molecule has 0 aromatic heterocycles. The molecule has 1 aromatic rings. The fraction of sp³-hybridized carbons (Fsp3) is 0.182. The first-order valence-electron chi connectivity index (χ1n) is 4.77. The minimum atomic E-state index is -1.36. The van der Waals surface area contributed by atoms with Gasteiger partial charge in [0, 0.05) is 5.56 Å². The van der Waals surface area contributed by atoms with Crippen LogP contribution in [0.3, 0.4) is 0 Å². The van der Waals surface area contributed by atoms with Crippen LogP contribution in [0.25, 0.3) is 0 Å². The van der Waals surface area contributed by atoms with Crippen LogP contribution < -0.4 is 56.5 Å². The Morgan fingerprint density at radius 2 is 1.42 bits per heavy atom. The van der Waals surface area contributed by atoms with E-state index in [1.54, 1.807) is 6.07 Å². The molecule has 0 aliphatic heterocycles. The molecule has 0 heterocycles. The molecule has 3 N–H and O–H groups in total. The number of carboxylic acids is 3. The molecule has 0 spiro atoms. The maximum Gasteiger partial charge on any atom is 1.00 e. The van der Waals surface area contributed by atoms with E-state index in [0.29, 0.717) is 0 Å². The van der Waals surface area contributed by atoms with Crippen LogP contribution in [0.4, 0.5) is 0 Å². The van der Waals surface area contributed by atoms with Crippen LogP contribution in [0, 0.1) is 0 Å². The molecule has 0 aliphatic rings. The molecule has 1 aromatic carbocycles. The van der Waals surface area contributed by atoms with E-state index in [4.69, 9.17) is 15.3 Å². The number of aromatic carboxylic acids is 1. The summed E-state index contributed by atoms with van der Waals surface area (Å²) in [6.07, 6.45) is -0.593. The van der Waals surface area contributed by atoms with E-state index in [0.717, 1.165) is 0 Å². The molecular weight excluding hydrogens is 283 g/mol. The minimum absolute atomic E-state index is 0. The summed E-state index contributed by atoms with van der Waals surface area (Å²) in [5.74, 6) is -3.78. The number of aromatic hydroxyl groups is 1. The van der Waals surface area contributed by atoms with Gasteiger partial charge in [-0.15, -0.1) is 0 Å². The van der Waals surface area contributed by atoms with Crippen molar-refractivity contribution in [3.8, 4) is 5.75 Å². The summed E-state index contributed by atoms with van der Waals surface area (Å²) in [4.78, 5) is 29.4. The van der Waals surface area contributed by atoms with Gasteiger partial charge in [-0.25, -0.2) is 0 Å². The van der Waals surface area contributed by atoms with Gasteiger partial charge in [0.05, 0.1) is 18.8 Å². The number of hydrogen-bond acceptors (Lipinski definition) is 5. The van der Waals surface area contributed by atoms with Gasteiger partial charge in [0.1, 0.15) is 5.75 Å². The second kappa shape index (κ2) is 10.9. The van der Waals surface area contributed by atoms with Crippen LogP contribution >= 0.6 is 0 Å². The molecular formula is C11H11KO7. The molecule has 0 amide bonds. The summed E-state index contributed by atoms with van der Waals surface area (Å²) in [6.45, 7) is 0. The number of carbonyl (C=O) groups is 3. The van der Waals surface area contributed by atoms with Crippen LogP contribution in [0.5, 0.6) is 5.75 Å². The van der Waals surface area contributed by atoms with Crippen molar-refractivity contribution in [3.63, 3.8) is 0 Å². The van der Waals surface area contributed by atoms with E-state index in [-0.39, 0.29) is 75.5 Å². The Balaban J connectivity index is 0. The van der Waals surface area contributed by atoms with Gasteiger partial charge in [-0.2, -0.15) is 0 Å². The SMILES string of the molecule is O=C(O)CCC(=O)O.O=C([O-])c1ccccc1O.[K+]. The molecule has 8 heteroatoms. The Labute approximate surface area is 151 Å². The molecule has 0 bridgehead atoms. The van der Waals surface area contributed by atoms with Crippen molar-refractivity contribution in [2.45, 2.75) is 12.8 Å². The Bertz CT molecular complexity index is 430. The third kappa shape index (κ3) is 10.7. The maximum atomic E-state index is 10.2. The topological polar surface area (TPSA) is 135 Å². The first-order chi connectivity index (χ1) is 8.34. The standard InChI is InChI=1S/C7H6O3.C4H6O4.K/c8-6-4-2-1-3-5(6)7(9)10;5-3(6)1-2-4(7)8;/h1-4,8H,(H,9,10);1-2H2,(H,5,6)(H,7,8);/q;;+1/p-1. The van der Waals surface area contributed by atoms with E-state index in [1.807, 2.05) is 0 Å². The monoisotopic (exact) mass is 294 g/mol. The van der Waals surface area contributed by atoms with Crippen LogP contribution in [0.2, 0.25) is 0 Å². The average Bonchev–Trinajstić information content (AvgIpc) is 2.27. The molecule has 0 fully saturated rings. The molecule has 0 radical (unpaired) electrons. The quantitative estimate of drug-likeness (QED) is 0.495. The minimum Gasteiger partial charge on any atom is -0.545 e. The molecule has 0 atom stereocenters. The molecule has 98 valence electrons. The average molecular weight is 294 g/mol. The first kappa shape index (κ1) is 20.4. The Morgan fingerprint density at radius 1 is 1.00 bits per heavy atom. The molecule has 0 saturated carbocycles. The zero-order chi connectivity index (χ0) is 14.1. The molecule has 7 nitrogen and oxygen atoms in total. The molecule has 0 saturated heterocycles. The van der Waals surface area contributed by atoms with Crippen LogP contribution in [-0.4, -0.2) is 33.2 Å². The summed E-state index contributed by atoms with van der Waals surface area (Å²) in [5.41, 5.74) is -0.178. The second-order valence-electron chi connectivity index (χ2n) is 3.09. The summed E-state index contributed by atoms with van der Waals surface area (Å²) in [5, 5.41) is 34.8. The van der Waals surface area contributed by atoms with Gasteiger partial charge < -0.3 is 25.2 Å². The number of rotatable bonds is 4. The van der Waals surface area contributed by atoms with E-state index < -0.39 is 17.9 Å². The van der Waals surface area contributed by atoms with E-state index in [1.165, 1.54) is 18.2 Å². The van der Waals surface area contributed by atoms with Crippen molar-refractivity contribution in [3.05, 3.63) is 29.8 Å². The van der Waals surface area contributed by atoms with E-state index in [2.05, 4.69) is 0 Å². The number of para-hydroxylation sites is 1. The van der Waals surface area contributed by atoms with Gasteiger partial charge in [-0.1, -0.05) is 12.1 Å². The number of phenols is 1. The van der Waals surface area contributed by atoms with Crippen molar-refractivity contribution in [1.29, 1.82) is 0 Å². The number of benzene rings is 1. The Hall–Kier alpha value is -0.934. The largest absolute Gasteiger partial charge is 1.00 e. The Morgan fingerprint density at radius 3 is 1.68 bits per heavy atom. The van der Waals surface area contributed by atoms with Crippen molar-refractivity contribution in [2.75, 3.05) is 0 Å². The van der Waals surface area contributed by atoms with Crippen LogP contribution in [-0.2, 0) is 9.59 Å². The van der Waals surface area contributed by atoms with Gasteiger partial charge in [-0.05, 0) is 12.1 Å². The Kier molecular flexibility index (Phi) is 11.7. The van der Waals surface area contributed by atoms with E-state index >= 15 is 0 Å². The predicted octanol–water partition coefficient (Wildman–Crippen LogP) is -3.30. The molecule has 0 aliphatic carbocycles. The zero-order valence-corrected chi connectivity index (χ0v) is 13.3. The normalized spacial score (nSPS) is 8.42. The predicted molar refractivity (Wildman–Crippen MR) is 56.9 cm³/mol. The number of aliphatic carboxylic acids is 2. The van der Waals surface area contributed by atoms with Gasteiger partial charge in [0.2, 0.25) is 0 Å². The van der Waals surface area contributed by atoms with Gasteiger partial charge in [0.25, 0.3) is 0 Å². The zero-order valence-electron chi connectivity index (χ0n) is 10.2. The third-order valence-electron chi connectivity index (χ3n) is 1.68. The van der Waals surface area contributed by atoms with Crippen molar-refractivity contribution in [1.82, 2.24) is 0 Å².